The van der Waals surface area contributed by atoms with Crippen LogP contribution in [0.2, 0.25) is 0 Å². The molecule has 0 aliphatic heterocycles. The first kappa shape index (κ1) is 27.3. The molecule has 5 heteroatoms. The van der Waals surface area contributed by atoms with E-state index in [9.17, 15) is 9.59 Å². The lowest BCUT2D eigenvalue weighted by Crippen LogP contribution is -2.07. The maximum atomic E-state index is 10.3. The lowest BCUT2D eigenvalue weighted by atomic mass is 10.0. The van der Waals surface area contributed by atoms with Gasteiger partial charge in [-0.15, -0.1) is 0 Å². The van der Waals surface area contributed by atoms with Gasteiger partial charge >= 0.3 is 5.97 Å². The van der Waals surface area contributed by atoms with Crippen LogP contribution in [0.15, 0.2) is 0 Å². The molecule has 0 rings (SSSR count). The van der Waals surface area contributed by atoms with Gasteiger partial charge in [-0.25, -0.2) is 0 Å². The monoisotopic (exact) mass is 374 g/mol. The molecule has 0 aliphatic rings. The number of hydrogen-bond acceptors (Lipinski definition) is 4. The molecule has 0 saturated heterocycles. The second-order valence-corrected chi connectivity index (χ2v) is 6.95. The lowest BCUT2D eigenvalue weighted by Gasteiger charge is -2.03. The van der Waals surface area contributed by atoms with Crippen molar-refractivity contribution >= 4 is 11.8 Å². The molecule has 0 aromatic rings. The van der Waals surface area contributed by atoms with Crippen LogP contribution in [0.3, 0.4) is 0 Å². The molecule has 0 amide bonds. The fraction of sp³-hybridized carbons (Fsp3) is 0.905. The summed E-state index contributed by atoms with van der Waals surface area (Å²) in [5.41, 5.74) is 0. The Kier molecular flexibility index (Phi) is 25.2. The molecule has 0 aliphatic carbocycles. The number of ketones is 1. The summed E-state index contributed by atoms with van der Waals surface area (Å²) in [6.07, 6.45) is 20.2. The molecule has 26 heavy (non-hydrogen) atoms. The van der Waals surface area contributed by atoms with E-state index in [2.05, 4.69) is 6.92 Å². The Labute approximate surface area is 160 Å². The van der Waals surface area contributed by atoms with Gasteiger partial charge in [0.15, 0.2) is 5.78 Å². The number of carboxylic acid groups (broad SMARTS) is 1. The molecule has 0 heterocycles. The molecule has 0 spiro atoms. The predicted octanol–water partition coefficient (Wildman–Crippen LogP) is 4.87. The molecule has 0 saturated carbocycles. The van der Waals surface area contributed by atoms with Gasteiger partial charge in [-0.05, 0) is 6.42 Å². The number of hydrogen-bond donors (Lipinski definition) is 3. The van der Waals surface area contributed by atoms with Crippen molar-refractivity contribution < 1.29 is 24.9 Å². The van der Waals surface area contributed by atoms with Gasteiger partial charge in [-0.2, -0.15) is 0 Å². The Balaban J connectivity index is 0. The molecule has 5 nitrogen and oxygen atoms in total. The van der Waals surface area contributed by atoms with Gasteiger partial charge in [0, 0.05) is 6.42 Å². The van der Waals surface area contributed by atoms with Gasteiger partial charge in [-0.1, -0.05) is 96.8 Å². The highest BCUT2D eigenvalue weighted by atomic mass is 16.4. The van der Waals surface area contributed by atoms with Crippen molar-refractivity contribution in [3.8, 4) is 0 Å². The van der Waals surface area contributed by atoms with Gasteiger partial charge < -0.3 is 15.3 Å². The fourth-order valence-corrected chi connectivity index (χ4v) is 2.70. The van der Waals surface area contributed by atoms with Crippen LogP contribution in [0.4, 0.5) is 0 Å². The van der Waals surface area contributed by atoms with Crippen LogP contribution in [0.1, 0.15) is 110 Å². The molecule has 0 atom stereocenters. The van der Waals surface area contributed by atoms with E-state index in [0.29, 0.717) is 6.42 Å². The predicted molar refractivity (Wildman–Crippen MR) is 106 cm³/mol. The smallest absolute Gasteiger partial charge is 0.303 e. The largest absolute Gasteiger partial charge is 0.481 e. The summed E-state index contributed by atoms with van der Waals surface area (Å²) < 4.78 is 0. The summed E-state index contributed by atoms with van der Waals surface area (Å²) >= 11 is 0. The van der Waals surface area contributed by atoms with Gasteiger partial charge in [0.2, 0.25) is 0 Å². The molecule has 0 radical (unpaired) electrons. The van der Waals surface area contributed by atoms with Crippen molar-refractivity contribution in [2.24, 2.45) is 0 Å². The van der Waals surface area contributed by atoms with E-state index in [-0.39, 0.29) is 0 Å². The Morgan fingerprint density at radius 2 is 0.885 bits per heavy atom. The summed E-state index contributed by atoms with van der Waals surface area (Å²) in [7, 11) is 0. The van der Waals surface area contributed by atoms with E-state index < -0.39 is 25.0 Å². The number of unbranched alkanes of at least 4 members (excludes halogenated alkanes) is 14. The number of Topliss-reactive ketones (excluding diaryl/α,β-unsaturated/α-hetero) is 1. The third kappa shape index (κ3) is 27.9. The minimum Gasteiger partial charge on any atom is -0.481 e. The minimum absolute atomic E-state index is 0.345. The second kappa shape index (κ2) is 24.1. The third-order valence-electron chi connectivity index (χ3n) is 4.35. The fourth-order valence-electron chi connectivity index (χ4n) is 2.70. The second-order valence-electron chi connectivity index (χ2n) is 6.95. The van der Waals surface area contributed by atoms with Crippen LogP contribution in [0, 0.1) is 0 Å². The zero-order chi connectivity index (χ0) is 19.9. The van der Waals surface area contributed by atoms with Crippen molar-refractivity contribution in [1.29, 1.82) is 0 Å². The molecule has 0 bridgehead atoms. The molecular formula is C21H42O5. The van der Waals surface area contributed by atoms with Crippen LogP contribution in [-0.4, -0.2) is 40.3 Å². The van der Waals surface area contributed by atoms with Crippen LogP contribution < -0.4 is 0 Å². The van der Waals surface area contributed by atoms with Crippen LogP contribution >= 0.6 is 0 Å². The maximum Gasteiger partial charge on any atom is 0.303 e. The normalized spacial score (nSPS) is 10.3. The zero-order valence-corrected chi connectivity index (χ0v) is 16.9. The highest BCUT2D eigenvalue weighted by Crippen LogP contribution is 2.13. The first-order valence-corrected chi connectivity index (χ1v) is 10.5. The van der Waals surface area contributed by atoms with E-state index in [1.807, 2.05) is 0 Å². The number of aliphatic hydroxyl groups is 2. The van der Waals surface area contributed by atoms with Gasteiger partial charge in [-0.3, -0.25) is 9.59 Å². The van der Waals surface area contributed by atoms with Gasteiger partial charge in [0.05, 0.1) is 0 Å². The number of carboxylic acids is 1. The van der Waals surface area contributed by atoms with E-state index >= 15 is 0 Å². The number of aliphatic carboxylic acids is 1. The quantitative estimate of drug-likeness (QED) is 0.297. The topological polar surface area (TPSA) is 94.8 Å². The lowest BCUT2D eigenvalue weighted by molar-refractivity contribution is -0.137. The average Bonchev–Trinajstić information content (AvgIpc) is 2.64. The van der Waals surface area contributed by atoms with E-state index in [1.54, 1.807) is 0 Å². The van der Waals surface area contributed by atoms with Crippen molar-refractivity contribution in [2.45, 2.75) is 110 Å². The number of rotatable bonds is 18. The van der Waals surface area contributed by atoms with Crippen molar-refractivity contribution in [2.75, 3.05) is 13.2 Å². The Hall–Kier alpha value is -0.940. The SMILES string of the molecule is CCCCCCCCCCCCCCCCCC(=O)O.O=C(CO)CO. The highest BCUT2D eigenvalue weighted by molar-refractivity contribution is 5.80. The number of carbonyl (C=O) groups is 2. The minimum atomic E-state index is -0.653. The molecule has 0 aromatic heterocycles. The molecule has 0 aromatic carbocycles. The van der Waals surface area contributed by atoms with E-state index in [0.717, 1.165) is 12.8 Å². The molecule has 156 valence electrons. The third-order valence-corrected chi connectivity index (χ3v) is 4.35. The molecule has 0 fully saturated rings. The van der Waals surface area contributed by atoms with E-state index in [1.165, 1.54) is 83.5 Å². The first-order valence-electron chi connectivity index (χ1n) is 10.5. The summed E-state index contributed by atoms with van der Waals surface area (Å²) in [5, 5.41) is 24.2. The van der Waals surface area contributed by atoms with Crippen molar-refractivity contribution in [3.63, 3.8) is 0 Å². The summed E-state index contributed by atoms with van der Waals surface area (Å²) in [4.78, 5) is 20.0. The Bertz CT molecular complexity index is 299. The van der Waals surface area contributed by atoms with Gasteiger partial charge in [0.1, 0.15) is 13.2 Å². The first-order chi connectivity index (χ1) is 12.6. The van der Waals surface area contributed by atoms with Crippen molar-refractivity contribution in [3.05, 3.63) is 0 Å². The maximum absolute atomic E-state index is 10.3. The summed E-state index contributed by atoms with van der Waals surface area (Å²) in [6.45, 7) is 1.15. The molecule has 3 N–H and O–H groups in total. The van der Waals surface area contributed by atoms with Crippen LogP contribution in [0.5, 0.6) is 0 Å². The summed E-state index contributed by atoms with van der Waals surface area (Å²) in [6, 6.07) is 0. The number of aliphatic hydroxyl groups excluding tert-OH is 2. The van der Waals surface area contributed by atoms with Crippen molar-refractivity contribution in [1.82, 2.24) is 0 Å². The Morgan fingerprint density at radius 1 is 0.577 bits per heavy atom. The average molecular weight is 375 g/mol. The standard InChI is InChI=1S/C18H36O2.C3H6O3/c1-2-3-4-5-6-7-8-9-10-11-12-13-14-15-16-17-18(19)20;4-1-3(6)2-5/h2-17H2,1H3,(H,19,20);4-5H,1-2H2. The van der Waals surface area contributed by atoms with Gasteiger partial charge in [0.25, 0.3) is 0 Å². The van der Waals surface area contributed by atoms with Crippen LogP contribution in [0.25, 0.3) is 0 Å². The van der Waals surface area contributed by atoms with E-state index in [4.69, 9.17) is 15.3 Å². The van der Waals surface area contributed by atoms with Crippen LogP contribution in [-0.2, 0) is 9.59 Å². The molecule has 0 unspecified atom stereocenters. The number of carbonyl (C=O) groups excluding carboxylic acids is 1. The summed E-state index contributed by atoms with van der Waals surface area (Å²) in [5.74, 6) is -1.20. The highest BCUT2D eigenvalue weighted by Gasteiger charge is 1.97. The zero-order valence-electron chi connectivity index (χ0n) is 16.9. The Morgan fingerprint density at radius 3 is 1.12 bits per heavy atom. The molecular weight excluding hydrogens is 332 g/mol.